The molecule has 11 nitrogen and oxygen atoms in total. The Morgan fingerprint density at radius 2 is 1.86 bits per heavy atom. The second kappa shape index (κ2) is 10.3. The Labute approximate surface area is 206 Å². The van der Waals surface area contributed by atoms with Crippen LogP contribution in [0.5, 0.6) is 11.5 Å². The van der Waals surface area contributed by atoms with E-state index in [1.54, 1.807) is 50.2 Å². The number of rotatable bonds is 8. The molecule has 36 heavy (non-hydrogen) atoms. The molecule has 2 amide bonds. The molecule has 1 aromatic heterocycles. The largest absolute Gasteiger partial charge is 0.455 e. The van der Waals surface area contributed by atoms with Crippen molar-refractivity contribution in [2.24, 2.45) is 11.0 Å². The van der Waals surface area contributed by atoms with Crippen LogP contribution in [-0.2, 0) is 4.79 Å². The maximum absolute atomic E-state index is 12.7. The molecule has 186 valence electrons. The monoisotopic (exact) mass is 492 g/mol. The number of aryl methyl sites for hydroxylation is 1. The lowest BCUT2D eigenvalue weighted by atomic mass is 10.0. The van der Waals surface area contributed by atoms with Gasteiger partial charge in [-0.05, 0) is 48.7 Å². The van der Waals surface area contributed by atoms with Crippen molar-refractivity contribution in [1.29, 1.82) is 0 Å². The molecule has 0 spiro atoms. The van der Waals surface area contributed by atoms with Gasteiger partial charge in [0, 0.05) is 23.3 Å². The molecule has 11 heteroatoms. The van der Waals surface area contributed by atoms with E-state index in [1.165, 1.54) is 18.3 Å². The van der Waals surface area contributed by atoms with E-state index < -0.39 is 22.8 Å². The van der Waals surface area contributed by atoms with Crippen LogP contribution in [0.1, 0.15) is 35.5 Å². The number of hydrazone groups is 1. The van der Waals surface area contributed by atoms with E-state index in [9.17, 15) is 19.7 Å². The minimum Gasteiger partial charge on any atom is -0.455 e. The summed E-state index contributed by atoms with van der Waals surface area (Å²) < 4.78 is 16.3. The van der Waals surface area contributed by atoms with E-state index in [4.69, 9.17) is 13.9 Å². The minimum atomic E-state index is -0.847. The normalized spacial score (nSPS) is 13.1. The lowest BCUT2D eigenvalue weighted by molar-refractivity contribution is -0.384. The van der Waals surface area contributed by atoms with Crippen LogP contribution in [0.15, 0.2) is 58.0 Å². The first-order valence-corrected chi connectivity index (χ1v) is 11.1. The molecule has 0 fully saturated rings. The number of carbonyl (C=O) groups is 2. The van der Waals surface area contributed by atoms with E-state index >= 15 is 0 Å². The number of furan rings is 1. The lowest BCUT2D eigenvalue weighted by Crippen LogP contribution is -2.48. The summed E-state index contributed by atoms with van der Waals surface area (Å²) in [7, 11) is 0. The van der Waals surface area contributed by atoms with Gasteiger partial charge in [0.15, 0.2) is 11.5 Å². The smallest absolute Gasteiger partial charge is 0.270 e. The maximum Gasteiger partial charge on any atom is 0.270 e. The zero-order valence-corrected chi connectivity index (χ0v) is 19.8. The van der Waals surface area contributed by atoms with E-state index in [0.717, 1.165) is 5.56 Å². The van der Waals surface area contributed by atoms with Gasteiger partial charge in [-0.25, -0.2) is 5.43 Å². The minimum absolute atomic E-state index is 0.0444. The third kappa shape index (κ3) is 5.35. The van der Waals surface area contributed by atoms with Gasteiger partial charge in [-0.15, -0.1) is 0 Å². The lowest BCUT2D eigenvalue weighted by Gasteiger charge is -2.20. The number of nitro groups is 1. The van der Waals surface area contributed by atoms with E-state index in [-0.39, 0.29) is 18.4 Å². The number of nitrogens with one attached hydrogen (secondary N) is 2. The van der Waals surface area contributed by atoms with Crippen LogP contribution in [0.3, 0.4) is 0 Å². The summed E-state index contributed by atoms with van der Waals surface area (Å²) in [6, 6.07) is 11.7. The average Bonchev–Trinajstić information content (AvgIpc) is 3.51. The van der Waals surface area contributed by atoms with Gasteiger partial charge in [-0.1, -0.05) is 19.9 Å². The van der Waals surface area contributed by atoms with Crippen LogP contribution in [-0.4, -0.2) is 35.8 Å². The molecular formula is C25H24N4O7. The van der Waals surface area contributed by atoms with Crippen LogP contribution in [0.4, 0.5) is 5.69 Å². The summed E-state index contributed by atoms with van der Waals surface area (Å²) in [5.41, 5.74) is 4.10. The molecule has 1 aliphatic rings. The highest BCUT2D eigenvalue weighted by Gasteiger charge is 2.25. The van der Waals surface area contributed by atoms with Crippen LogP contribution in [0.25, 0.3) is 11.3 Å². The highest BCUT2D eigenvalue weighted by molar-refractivity contribution is 5.98. The topological polar surface area (TPSA) is 145 Å². The van der Waals surface area contributed by atoms with Gasteiger partial charge in [0.2, 0.25) is 6.79 Å². The summed E-state index contributed by atoms with van der Waals surface area (Å²) in [6.07, 6.45) is 1.31. The molecule has 0 saturated carbocycles. The van der Waals surface area contributed by atoms with Gasteiger partial charge in [0.25, 0.3) is 17.5 Å². The molecule has 2 heterocycles. The van der Waals surface area contributed by atoms with Crippen molar-refractivity contribution < 1.29 is 28.4 Å². The van der Waals surface area contributed by atoms with Crippen molar-refractivity contribution in [2.45, 2.75) is 26.8 Å². The van der Waals surface area contributed by atoms with Crippen molar-refractivity contribution in [1.82, 2.24) is 10.7 Å². The summed E-state index contributed by atoms with van der Waals surface area (Å²) in [4.78, 5) is 36.0. The van der Waals surface area contributed by atoms with Crippen LogP contribution < -0.4 is 20.2 Å². The number of benzene rings is 2. The second-order valence-corrected chi connectivity index (χ2v) is 8.46. The molecule has 0 aliphatic carbocycles. The number of amides is 2. The number of fused-ring (bicyclic) bond motifs is 1. The molecule has 2 N–H and O–H groups in total. The molecule has 1 aliphatic heterocycles. The number of nitrogens with zero attached hydrogens (tertiary/aromatic N) is 2. The molecular weight excluding hydrogens is 468 g/mol. The molecule has 2 aromatic carbocycles. The molecule has 0 bridgehead atoms. The quantitative estimate of drug-likeness (QED) is 0.276. The fourth-order valence-electron chi connectivity index (χ4n) is 3.58. The fourth-order valence-corrected chi connectivity index (χ4v) is 3.58. The molecule has 1 atom stereocenters. The van der Waals surface area contributed by atoms with E-state index in [0.29, 0.717) is 34.1 Å². The van der Waals surface area contributed by atoms with Gasteiger partial charge in [-0.3, -0.25) is 19.7 Å². The Hall–Kier alpha value is -4.67. The third-order valence-electron chi connectivity index (χ3n) is 5.56. The summed E-state index contributed by atoms with van der Waals surface area (Å²) in [5, 5.41) is 17.7. The zero-order valence-electron chi connectivity index (χ0n) is 19.8. The van der Waals surface area contributed by atoms with Gasteiger partial charge in [-0.2, -0.15) is 5.10 Å². The second-order valence-electron chi connectivity index (χ2n) is 8.46. The number of hydrogen-bond donors (Lipinski definition) is 2. The molecule has 0 saturated heterocycles. The maximum atomic E-state index is 12.7. The first-order valence-electron chi connectivity index (χ1n) is 11.1. The molecule has 4 rings (SSSR count). The van der Waals surface area contributed by atoms with Gasteiger partial charge in [0.05, 0.1) is 11.1 Å². The molecule has 1 unspecified atom stereocenters. The van der Waals surface area contributed by atoms with Crippen LogP contribution >= 0.6 is 0 Å². The van der Waals surface area contributed by atoms with Crippen molar-refractivity contribution in [3.8, 4) is 22.8 Å². The predicted molar refractivity (Wildman–Crippen MR) is 130 cm³/mol. The zero-order chi connectivity index (χ0) is 25.8. The van der Waals surface area contributed by atoms with Crippen molar-refractivity contribution in [3.05, 3.63) is 75.5 Å². The SMILES string of the molecule is Cc1ccc([N+](=O)[O-])cc1-c1ccc(/C=N/NC(=O)C(NC(=O)c2ccc3c(c2)OCO3)C(C)C)o1. The summed E-state index contributed by atoms with van der Waals surface area (Å²) >= 11 is 0. The highest BCUT2D eigenvalue weighted by atomic mass is 16.7. The first-order chi connectivity index (χ1) is 17.2. The fraction of sp³-hybridized carbons (Fsp3) is 0.240. The van der Waals surface area contributed by atoms with E-state index in [1.807, 2.05) is 6.92 Å². The Morgan fingerprint density at radius 1 is 1.08 bits per heavy atom. The summed E-state index contributed by atoms with van der Waals surface area (Å²) in [6.45, 7) is 5.51. The van der Waals surface area contributed by atoms with Gasteiger partial charge in [0.1, 0.15) is 17.6 Å². The number of non-ortho nitro benzene ring substituents is 1. The molecule has 3 aromatic rings. The highest BCUT2D eigenvalue weighted by Crippen LogP contribution is 2.32. The standard InChI is InChI=1S/C25H24N4O7/c1-14(2)23(27-24(30)16-5-8-21-22(10-16)35-13-34-21)25(31)28-26-12-18-7-9-20(36-18)19-11-17(29(32)33)6-4-15(19)3/h4-12,14,23H,13H2,1-3H3,(H,27,30)(H,28,31)/b26-12+. The first kappa shape index (κ1) is 24.5. The van der Waals surface area contributed by atoms with Crippen molar-refractivity contribution >= 4 is 23.7 Å². The van der Waals surface area contributed by atoms with Crippen LogP contribution in [0.2, 0.25) is 0 Å². The Bertz CT molecular complexity index is 1350. The number of nitro benzene ring substituents is 1. The summed E-state index contributed by atoms with van der Waals surface area (Å²) in [5.74, 6) is 0.634. The Kier molecular flexibility index (Phi) is 7.00. The molecule has 0 radical (unpaired) electrons. The van der Waals surface area contributed by atoms with Gasteiger partial charge >= 0.3 is 0 Å². The number of ether oxygens (including phenoxy) is 2. The Balaban J connectivity index is 1.40. The van der Waals surface area contributed by atoms with E-state index in [2.05, 4.69) is 15.8 Å². The average molecular weight is 492 g/mol. The van der Waals surface area contributed by atoms with Crippen molar-refractivity contribution in [3.63, 3.8) is 0 Å². The van der Waals surface area contributed by atoms with Gasteiger partial charge < -0.3 is 19.2 Å². The Morgan fingerprint density at radius 3 is 2.61 bits per heavy atom. The van der Waals surface area contributed by atoms with Crippen molar-refractivity contribution in [2.75, 3.05) is 6.79 Å². The number of carbonyl (C=O) groups excluding carboxylic acids is 2. The van der Waals surface area contributed by atoms with Crippen LogP contribution in [0, 0.1) is 23.0 Å². The third-order valence-corrected chi connectivity index (χ3v) is 5.56. The predicted octanol–water partition coefficient (Wildman–Crippen LogP) is 3.80. The number of hydrogen-bond acceptors (Lipinski definition) is 8.